The smallest absolute Gasteiger partial charge is 0.227 e. The highest BCUT2D eigenvalue weighted by molar-refractivity contribution is 7.90. The normalized spacial score (nSPS) is 11.4. The number of nitrogens with two attached hydrogens (primary N) is 1. The summed E-state index contributed by atoms with van der Waals surface area (Å²) in [6.45, 7) is 0. The monoisotopic (exact) mass is 284 g/mol. The first-order valence-corrected chi connectivity index (χ1v) is 7.11. The molecule has 2 aromatic rings. The van der Waals surface area contributed by atoms with Crippen molar-refractivity contribution < 1.29 is 8.42 Å². The Hall–Kier alpha value is -1.73. The van der Waals surface area contributed by atoms with Crippen molar-refractivity contribution in [1.29, 1.82) is 0 Å². The van der Waals surface area contributed by atoms with Crippen molar-refractivity contribution in [3.8, 4) is 11.4 Å². The summed E-state index contributed by atoms with van der Waals surface area (Å²) in [4.78, 5) is 11.6. The van der Waals surface area contributed by atoms with Crippen LogP contribution in [0.1, 0.15) is 0 Å². The van der Waals surface area contributed by atoms with E-state index in [4.69, 9.17) is 17.3 Å². The minimum Gasteiger partial charge on any atom is -0.368 e. The van der Waals surface area contributed by atoms with Gasteiger partial charge in [0.15, 0.2) is 15.7 Å². The third-order valence-corrected chi connectivity index (χ3v) is 3.43. The molecule has 1 heterocycles. The van der Waals surface area contributed by atoms with Crippen LogP contribution < -0.4 is 5.73 Å². The zero-order valence-electron chi connectivity index (χ0n) is 9.33. The summed E-state index contributed by atoms with van der Waals surface area (Å²) in [5.74, 6) is 0.216. The Morgan fingerprint density at radius 2 is 1.94 bits per heavy atom. The van der Waals surface area contributed by atoms with E-state index in [2.05, 4.69) is 15.0 Å². The molecule has 1 aromatic carbocycles. The summed E-state index contributed by atoms with van der Waals surface area (Å²) in [6, 6.07) is 6.21. The highest BCUT2D eigenvalue weighted by Gasteiger charge is 2.11. The highest BCUT2D eigenvalue weighted by Crippen LogP contribution is 2.20. The van der Waals surface area contributed by atoms with E-state index in [9.17, 15) is 8.42 Å². The second kappa shape index (κ2) is 4.51. The van der Waals surface area contributed by atoms with Gasteiger partial charge in [-0.25, -0.2) is 8.42 Å². The molecule has 0 unspecified atom stereocenters. The molecule has 18 heavy (non-hydrogen) atoms. The molecule has 8 heteroatoms. The highest BCUT2D eigenvalue weighted by atomic mass is 35.5. The first-order valence-electron chi connectivity index (χ1n) is 4.84. The van der Waals surface area contributed by atoms with Crippen LogP contribution >= 0.6 is 11.6 Å². The number of benzene rings is 1. The molecule has 2 rings (SSSR count). The molecule has 2 N–H and O–H groups in total. The van der Waals surface area contributed by atoms with Gasteiger partial charge in [0.25, 0.3) is 0 Å². The number of nitrogen functional groups attached to an aromatic ring is 1. The lowest BCUT2D eigenvalue weighted by Gasteiger charge is -2.03. The summed E-state index contributed by atoms with van der Waals surface area (Å²) < 4.78 is 22.9. The number of rotatable bonds is 2. The fraction of sp³-hybridized carbons (Fsp3) is 0.100. The van der Waals surface area contributed by atoms with Crippen LogP contribution in [-0.2, 0) is 9.84 Å². The quantitative estimate of drug-likeness (QED) is 0.889. The SMILES string of the molecule is CS(=O)(=O)c1cccc(-c2nc(N)nc(Cl)n2)c1. The Morgan fingerprint density at radius 3 is 2.56 bits per heavy atom. The van der Waals surface area contributed by atoms with Crippen molar-refractivity contribution in [3.63, 3.8) is 0 Å². The molecule has 0 radical (unpaired) electrons. The van der Waals surface area contributed by atoms with Gasteiger partial charge in [-0.1, -0.05) is 12.1 Å². The van der Waals surface area contributed by atoms with E-state index in [1.807, 2.05) is 0 Å². The van der Waals surface area contributed by atoms with Crippen molar-refractivity contribution in [2.75, 3.05) is 12.0 Å². The Morgan fingerprint density at radius 1 is 1.22 bits per heavy atom. The Bertz CT molecular complexity index is 683. The molecule has 1 aromatic heterocycles. The van der Waals surface area contributed by atoms with E-state index in [-0.39, 0.29) is 22.0 Å². The van der Waals surface area contributed by atoms with Crippen molar-refractivity contribution in [1.82, 2.24) is 15.0 Å². The van der Waals surface area contributed by atoms with Crippen LogP contribution in [0.15, 0.2) is 29.2 Å². The van der Waals surface area contributed by atoms with Gasteiger partial charge < -0.3 is 5.73 Å². The number of anilines is 1. The van der Waals surface area contributed by atoms with E-state index in [0.29, 0.717) is 5.56 Å². The van der Waals surface area contributed by atoms with Crippen molar-refractivity contribution in [2.45, 2.75) is 4.90 Å². The molecular weight excluding hydrogens is 276 g/mol. The lowest BCUT2D eigenvalue weighted by atomic mass is 10.2. The van der Waals surface area contributed by atoms with Crippen molar-refractivity contribution in [2.24, 2.45) is 0 Å². The maximum atomic E-state index is 11.4. The Balaban J connectivity index is 2.58. The number of aromatic nitrogens is 3. The topological polar surface area (TPSA) is 98.8 Å². The van der Waals surface area contributed by atoms with Gasteiger partial charge in [0.1, 0.15) is 0 Å². The molecule has 0 atom stereocenters. The maximum Gasteiger partial charge on any atom is 0.227 e. The van der Waals surface area contributed by atoms with E-state index >= 15 is 0 Å². The number of halogens is 1. The molecule has 6 nitrogen and oxygen atoms in total. The average Bonchev–Trinajstić information content (AvgIpc) is 2.27. The Kier molecular flexibility index (Phi) is 3.18. The predicted molar refractivity (Wildman–Crippen MR) is 67.8 cm³/mol. The molecule has 0 amide bonds. The molecular formula is C10H9ClN4O2S. The van der Waals surface area contributed by atoms with Crippen LogP contribution in [0.3, 0.4) is 0 Å². The largest absolute Gasteiger partial charge is 0.368 e. The summed E-state index contributed by atoms with van der Waals surface area (Å²) in [5, 5.41) is -0.0396. The minimum atomic E-state index is -3.29. The lowest BCUT2D eigenvalue weighted by molar-refractivity contribution is 0.602. The number of hydrogen-bond donors (Lipinski definition) is 1. The summed E-state index contributed by atoms with van der Waals surface area (Å²) >= 11 is 5.67. The molecule has 94 valence electrons. The van der Waals surface area contributed by atoms with E-state index in [1.165, 1.54) is 12.1 Å². The molecule has 0 bridgehead atoms. The molecule has 0 aliphatic heterocycles. The van der Waals surface area contributed by atoms with Crippen LogP contribution in [-0.4, -0.2) is 29.6 Å². The summed E-state index contributed by atoms with van der Waals surface area (Å²) in [7, 11) is -3.29. The third-order valence-electron chi connectivity index (χ3n) is 2.15. The van der Waals surface area contributed by atoms with E-state index < -0.39 is 9.84 Å². The van der Waals surface area contributed by atoms with Gasteiger partial charge >= 0.3 is 0 Å². The molecule has 0 spiro atoms. The van der Waals surface area contributed by atoms with Crippen LogP contribution in [0.25, 0.3) is 11.4 Å². The van der Waals surface area contributed by atoms with Crippen LogP contribution in [0.4, 0.5) is 5.95 Å². The van der Waals surface area contributed by atoms with Gasteiger partial charge in [-0.3, -0.25) is 0 Å². The number of hydrogen-bond acceptors (Lipinski definition) is 6. The average molecular weight is 285 g/mol. The van der Waals surface area contributed by atoms with E-state index in [0.717, 1.165) is 6.26 Å². The van der Waals surface area contributed by atoms with Gasteiger partial charge in [0.05, 0.1) is 4.90 Å². The molecule has 0 aliphatic carbocycles. The molecule has 0 aliphatic rings. The molecule has 0 saturated carbocycles. The van der Waals surface area contributed by atoms with Crippen molar-refractivity contribution in [3.05, 3.63) is 29.5 Å². The summed E-state index contributed by atoms with van der Waals surface area (Å²) in [5.41, 5.74) is 5.96. The van der Waals surface area contributed by atoms with Crippen LogP contribution in [0.5, 0.6) is 0 Å². The van der Waals surface area contributed by atoms with Gasteiger partial charge in [0.2, 0.25) is 11.2 Å². The standard InChI is InChI=1S/C10H9ClN4O2S/c1-18(16,17)7-4-2-3-6(5-7)8-13-9(11)15-10(12)14-8/h2-5H,1H3,(H2,12,13,14,15). The van der Waals surface area contributed by atoms with Crippen LogP contribution in [0, 0.1) is 0 Å². The fourth-order valence-electron chi connectivity index (χ4n) is 1.36. The van der Waals surface area contributed by atoms with Gasteiger partial charge in [-0.2, -0.15) is 15.0 Å². The maximum absolute atomic E-state index is 11.4. The molecule has 0 saturated heterocycles. The first kappa shape index (κ1) is 12.7. The third kappa shape index (κ3) is 2.74. The zero-order valence-corrected chi connectivity index (χ0v) is 10.9. The number of nitrogens with zero attached hydrogens (tertiary/aromatic N) is 3. The second-order valence-corrected chi connectivity index (χ2v) is 5.94. The fourth-order valence-corrected chi connectivity index (χ4v) is 2.19. The van der Waals surface area contributed by atoms with Gasteiger partial charge in [0, 0.05) is 11.8 Å². The minimum absolute atomic E-state index is 0.0187. The second-order valence-electron chi connectivity index (χ2n) is 3.59. The lowest BCUT2D eigenvalue weighted by Crippen LogP contribution is -2.01. The summed E-state index contributed by atoms with van der Waals surface area (Å²) in [6.07, 6.45) is 1.13. The predicted octanol–water partition coefficient (Wildman–Crippen LogP) is 1.18. The zero-order chi connectivity index (χ0) is 13.3. The van der Waals surface area contributed by atoms with Crippen LogP contribution in [0.2, 0.25) is 5.28 Å². The van der Waals surface area contributed by atoms with Gasteiger partial charge in [-0.05, 0) is 23.7 Å². The van der Waals surface area contributed by atoms with Gasteiger partial charge in [-0.15, -0.1) is 0 Å². The molecule has 0 fully saturated rings. The Labute approximate surface area is 109 Å². The number of sulfone groups is 1. The van der Waals surface area contributed by atoms with E-state index in [1.54, 1.807) is 12.1 Å². The van der Waals surface area contributed by atoms with Crippen molar-refractivity contribution >= 4 is 27.4 Å². The first-order chi connectivity index (χ1) is 8.36.